The Labute approximate surface area is 120 Å². The average Bonchev–Trinajstić information content (AvgIpc) is 2.41. The van der Waals surface area contributed by atoms with Gasteiger partial charge in [-0.05, 0) is 31.6 Å². The number of fused-ring (bicyclic) bond motifs is 1. The highest BCUT2D eigenvalue weighted by atomic mass is 16.5. The minimum Gasteiger partial charge on any atom is -0.393 e. The SMILES string of the molecule is CC1(C)C2OCCCC2C1(N)C(=O)NCC1CC(O)C1. The van der Waals surface area contributed by atoms with Gasteiger partial charge in [0.1, 0.15) is 5.54 Å². The first-order chi connectivity index (χ1) is 9.37. The zero-order chi connectivity index (χ0) is 14.5. The molecule has 0 aromatic heterocycles. The second-order valence-electron chi connectivity index (χ2n) is 7.33. The number of hydrogen-bond acceptors (Lipinski definition) is 4. The number of ether oxygens (including phenoxy) is 1. The van der Waals surface area contributed by atoms with Crippen LogP contribution in [0.2, 0.25) is 0 Å². The van der Waals surface area contributed by atoms with Crippen molar-refractivity contribution in [2.24, 2.45) is 23.0 Å². The minimum atomic E-state index is -0.819. The molecule has 2 saturated carbocycles. The van der Waals surface area contributed by atoms with E-state index in [1.165, 1.54) is 0 Å². The Hall–Kier alpha value is -0.650. The van der Waals surface area contributed by atoms with Crippen molar-refractivity contribution in [2.75, 3.05) is 13.2 Å². The standard InChI is InChI=1S/C15H26N2O3/c1-14(2)12-11(4-3-5-20-12)15(14,16)13(19)17-8-9-6-10(18)7-9/h9-12,18H,3-8,16H2,1-2H3,(H,17,19). The Kier molecular flexibility index (Phi) is 3.35. The van der Waals surface area contributed by atoms with Gasteiger partial charge in [0.05, 0.1) is 12.2 Å². The van der Waals surface area contributed by atoms with Gasteiger partial charge in [-0.15, -0.1) is 0 Å². The molecule has 3 fully saturated rings. The van der Waals surface area contributed by atoms with E-state index in [2.05, 4.69) is 5.32 Å². The smallest absolute Gasteiger partial charge is 0.241 e. The van der Waals surface area contributed by atoms with Gasteiger partial charge in [0.15, 0.2) is 0 Å². The molecule has 3 unspecified atom stereocenters. The van der Waals surface area contributed by atoms with Gasteiger partial charge < -0.3 is 20.9 Å². The lowest BCUT2D eigenvalue weighted by atomic mass is 9.46. The lowest BCUT2D eigenvalue weighted by Gasteiger charge is -2.65. The molecule has 0 aromatic rings. The number of aliphatic hydroxyl groups is 1. The first kappa shape index (κ1) is 14.3. The summed E-state index contributed by atoms with van der Waals surface area (Å²) in [4.78, 5) is 12.6. The van der Waals surface area contributed by atoms with Crippen LogP contribution in [0.4, 0.5) is 0 Å². The van der Waals surface area contributed by atoms with Crippen LogP contribution in [0.25, 0.3) is 0 Å². The van der Waals surface area contributed by atoms with Crippen molar-refractivity contribution in [3.05, 3.63) is 0 Å². The molecule has 2 aliphatic carbocycles. The molecule has 0 radical (unpaired) electrons. The van der Waals surface area contributed by atoms with E-state index >= 15 is 0 Å². The zero-order valence-corrected chi connectivity index (χ0v) is 12.4. The molecule has 0 bridgehead atoms. The molecule has 1 amide bonds. The second kappa shape index (κ2) is 4.68. The molecule has 5 heteroatoms. The molecule has 3 aliphatic rings. The molecule has 114 valence electrons. The summed E-state index contributed by atoms with van der Waals surface area (Å²) in [6.07, 6.45) is 3.46. The Balaban J connectivity index is 1.63. The van der Waals surface area contributed by atoms with Crippen LogP contribution < -0.4 is 11.1 Å². The van der Waals surface area contributed by atoms with Crippen LogP contribution in [0.15, 0.2) is 0 Å². The summed E-state index contributed by atoms with van der Waals surface area (Å²) in [5.41, 5.74) is 5.37. The van der Waals surface area contributed by atoms with E-state index in [1.807, 2.05) is 13.8 Å². The highest BCUT2D eigenvalue weighted by molar-refractivity contribution is 5.89. The lowest BCUT2D eigenvalue weighted by molar-refractivity contribution is -0.225. The van der Waals surface area contributed by atoms with Gasteiger partial charge in [-0.2, -0.15) is 0 Å². The molecule has 1 saturated heterocycles. The third-order valence-corrected chi connectivity index (χ3v) is 5.82. The number of amides is 1. The minimum absolute atomic E-state index is 0.0457. The maximum absolute atomic E-state index is 12.6. The van der Waals surface area contributed by atoms with Gasteiger partial charge in [0, 0.05) is 24.5 Å². The molecule has 20 heavy (non-hydrogen) atoms. The summed E-state index contributed by atoms with van der Waals surface area (Å²) < 4.78 is 5.82. The third kappa shape index (κ3) is 1.83. The summed E-state index contributed by atoms with van der Waals surface area (Å²) in [7, 11) is 0. The van der Waals surface area contributed by atoms with Crippen molar-refractivity contribution in [1.82, 2.24) is 5.32 Å². The number of rotatable bonds is 3. The van der Waals surface area contributed by atoms with Gasteiger partial charge in [-0.1, -0.05) is 13.8 Å². The van der Waals surface area contributed by atoms with Gasteiger partial charge >= 0.3 is 0 Å². The van der Waals surface area contributed by atoms with Crippen LogP contribution in [0, 0.1) is 17.3 Å². The fourth-order valence-corrected chi connectivity index (χ4v) is 4.29. The van der Waals surface area contributed by atoms with E-state index in [-0.39, 0.29) is 29.4 Å². The highest BCUT2D eigenvalue weighted by Gasteiger charge is 2.70. The van der Waals surface area contributed by atoms with E-state index in [4.69, 9.17) is 10.5 Å². The molecule has 1 aliphatic heterocycles. The average molecular weight is 282 g/mol. The summed E-state index contributed by atoms with van der Waals surface area (Å²) in [6.45, 7) is 5.48. The monoisotopic (exact) mass is 282 g/mol. The topological polar surface area (TPSA) is 84.6 Å². The first-order valence-corrected chi connectivity index (χ1v) is 7.74. The number of nitrogens with two attached hydrogens (primary N) is 1. The fourth-order valence-electron chi connectivity index (χ4n) is 4.29. The van der Waals surface area contributed by atoms with E-state index in [9.17, 15) is 9.90 Å². The maximum atomic E-state index is 12.6. The predicted molar refractivity (Wildman–Crippen MR) is 74.9 cm³/mol. The van der Waals surface area contributed by atoms with Crippen molar-refractivity contribution in [3.63, 3.8) is 0 Å². The molecule has 0 aromatic carbocycles. The van der Waals surface area contributed by atoms with E-state index in [0.717, 1.165) is 32.3 Å². The van der Waals surface area contributed by atoms with Gasteiger partial charge in [0.25, 0.3) is 0 Å². The van der Waals surface area contributed by atoms with Gasteiger partial charge in [0.2, 0.25) is 5.91 Å². The second-order valence-corrected chi connectivity index (χ2v) is 7.33. The van der Waals surface area contributed by atoms with Crippen LogP contribution >= 0.6 is 0 Å². The maximum Gasteiger partial charge on any atom is 0.241 e. The largest absolute Gasteiger partial charge is 0.393 e. The molecular formula is C15H26N2O3. The molecule has 5 nitrogen and oxygen atoms in total. The number of carbonyl (C=O) groups excluding carboxylic acids is 1. The fraction of sp³-hybridized carbons (Fsp3) is 0.933. The summed E-state index contributed by atoms with van der Waals surface area (Å²) in [5.74, 6) is 0.494. The van der Waals surface area contributed by atoms with Crippen molar-refractivity contribution < 1.29 is 14.6 Å². The van der Waals surface area contributed by atoms with Crippen molar-refractivity contribution in [3.8, 4) is 0 Å². The molecule has 3 rings (SSSR count). The Morgan fingerprint density at radius 1 is 1.45 bits per heavy atom. The number of nitrogens with one attached hydrogen (secondary N) is 1. The quantitative estimate of drug-likeness (QED) is 0.700. The van der Waals surface area contributed by atoms with Gasteiger partial charge in [-0.3, -0.25) is 4.79 Å². The lowest BCUT2D eigenvalue weighted by Crippen LogP contribution is -2.82. The van der Waals surface area contributed by atoms with Crippen LogP contribution in [-0.2, 0) is 9.53 Å². The van der Waals surface area contributed by atoms with Crippen molar-refractivity contribution in [1.29, 1.82) is 0 Å². The third-order valence-electron chi connectivity index (χ3n) is 5.82. The Bertz CT molecular complexity index is 406. The molecule has 1 heterocycles. The van der Waals surface area contributed by atoms with Crippen molar-refractivity contribution in [2.45, 2.75) is 57.3 Å². The zero-order valence-electron chi connectivity index (χ0n) is 12.4. The number of aliphatic hydroxyl groups excluding tert-OH is 1. The van der Waals surface area contributed by atoms with E-state index in [1.54, 1.807) is 0 Å². The number of carbonyl (C=O) groups is 1. The van der Waals surface area contributed by atoms with E-state index < -0.39 is 5.54 Å². The predicted octanol–water partition coefficient (Wildman–Crippen LogP) is 0.406. The molecule has 0 spiro atoms. The molecular weight excluding hydrogens is 256 g/mol. The summed E-state index contributed by atoms with van der Waals surface area (Å²) in [5, 5.41) is 12.3. The first-order valence-electron chi connectivity index (χ1n) is 7.74. The van der Waals surface area contributed by atoms with Crippen molar-refractivity contribution >= 4 is 5.91 Å². The van der Waals surface area contributed by atoms with Crippen LogP contribution in [0.1, 0.15) is 39.5 Å². The van der Waals surface area contributed by atoms with Crippen LogP contribution in [0.5, 0.6) is 0 Å². The normalized spacial score (nSPS) is 45.8. The van der Waals surface area contributed by atoms with Gasteiger partial charge in [-0.25, -0.2) is 0 Å². The summed E-state index contributed by atoms with van der Waals surface area (Å²) in [6, 6.07) is 0. The Morgan fingerprint density at radius 3 is 2.80 bits per heavy atom. The van der Waals surface area contributed by atoms with Crippen LogP contribution in [0.3, 0.4) is 0 Å². The highest BCUT2D eigenvalue weighted by Crippen LogP contribution is 2.57. The number of hydrogen-bond donors (Lipinski definition) is 3. The molecule has 4 N–H and O–H groups in total. The Morgan fingerprint density at radius 2 is 2.15 bits per heavy atom. The summed E-state index contributed by atoms with van der Waals surface area (Å²) >= 11 is 0. The molecule has 3 atom stereocenters. The van der Waals surface area contributed by atoms with Crippen LogP contribution in [-0.4, -0.2) is 41.9 Å². The van der Waals surface area contributed by atoms with E-state index in [0.29, 0.717) is 12.5 Å².